The summed E-state index contributed by atoms with van der Waals surface area (Å²) < 4.78 is 5.37. The van der Waals surface area contributed by atoms with Gasteiger partial charge in [-0.2, -0.15) is 0 Å². The molecule has 6 aromatic rings. The van der Waals surface area contributed by atoms with Gasteiger partial charge in [-0.25, -0.2) is 9.97 Å². The molecule has 0 amide bonds. The van der Waals surface area contributed by atoms with Crippen molar-refractivity contribution in [3.05, 3.63) is 65.4 Å². The summed E-state index contributed by atoms with van der Waals surface area (Å²) in [6, 6.07) is 14.8. The minimum Gasteiger partial charge on any atom is -0.361 e. The number of rotatable bonds is 2. The van der Waals surface area contributed by atoms with E-state index in [2.05, 4.69) is 58.4 Å². The molecule has 31 heavy (non-hydrogen) atoms. The summed E-state index contributed by atoms with van der Waals surface area (Å²) in [6.45, 7) is 7.95. The Bertz CT molecular complexity index is 1610. The number of aromatic amines is 2. The molecule has 4 aromatic heterocycles. The van der Waals surface area contributed by atoms with E-state index in [1.54, 1.807) is 0 Å². The van der Waals surface area contributed by atoms with Gasteiger partial charge < -0.3 is 14.5 Å². The van der Waals surface area contributed by atoms with Crippen LogP contribution in [0.5, 0.6) is 0 Å². The van der Waals surface area contributed by atoms with Crippen LogP contribution in [0.4, 0.5) is 0 Å². The maximum Gasteiger partial charge on any atom is 0.142 e. The van der Waals surface area contributed by atoms with Gasteiger partial charge in [-0.1, -0.05) is 35.5 Å². The zero-order valence-electron chi connectivity index (χ0n) is 17.8. The van der Waals surface area contributed by atoms with Crippen molar-refractivity contribution in [1.82, 2.24) is 25.1 Å². The molecule has 4 heterocycles. The molecule has 0 radical (unpaired) electrons. The van der Waals surface area contributed by atoms with Crippen molar-refractivity contribution in [2.75, 3.05) is 0 Å². The summed E-state index contributed by atoms with van der Waals surface area (Å²) in [5.74, 6) is 1.56. The topological polar surface area (TPSA) is 83.4 Å². The minimum atomic E-state index is 0.740. The van der Waals surface area contributed by atoms with E-state index in [1.165, 1.54) is 5.39 Å². The third kappa shape index (κ3) is 2.54. The molecule has 0 aliphatic heterocycles. The van der Waals surface area contributed by atoms with Gasteiger partial charge in [-0.05, 0) is 45.4 Å². The summed E-state index contributed by atoms with van der Waals surface area (Å²) in [6.07, 6.45) is 0. The highest BCUT2D eigenvalue weighted by molar-refractivity contribution is 6.15. The van der Waals surface area contributed by atoms with Crippen LogP contribution in [0.15, 0.2) is 47.0 Å². The molecule has 6 heteroatoms. The van der Waals surface area contributed by atoms with Gasteiger partial charge in [0, 0.05) is 38.6 Å². The van der Waals surface area contributed by atoms with Crippen LogP contribution in [0, 0.1) is 27.7 Å². The van der Waals surface area contributed by atoms with Gasteiger partial charge in [0.2, 0.25) is 0 Å². The second-order valence-corrected chi connectivity index (χ2v) is 8.10. The van der Waals surface area contributed by atoms with Crippen LogP contribution in [0.3, 0.4) is 0 Å². The predicted octanol–water partition coefficient (Wildman–Crippen LogP) is 6.15. The van der Waals surface area contributed by atoms with Gasteiger partial charge in [0.25, 0.3) is 0 Å². The van der Waals surface area contributed by atoms with Crippen molar-refractivity contribution in [3.63, 3.8) is 0 Å². The number of hydrogen-bond donors (Lipinski definition) is 2. The van der Waals surface area contributed by atoms with E-state index in [1.807, 2.05) is 26.8 Å². The first-order chi connectivity index (χ1) is 15.0. The zero-order valence-corrected chi connectivity index (χ0v) is 17.8. The lowest BCUT2D eigenvalue weighted by molar-refractivity contribution is 0.393. The molecule has 0 saturated carbocycles. The van der Waals surface area contributed by atoms with E-state index in [9.17, 15) is 0 Å². The smallest absolute Gasteiger partial charge is 0.142 e. The zero-order chi connectivity index (χ0) is 21.3. The molecule has 152 valence electrons. The van der Waals surface area contributed by atoms with E-state index in [4.69, 9.17) is 14.5 Å². The van der Waals surface area contributed by atoms with Crippen LogP contribution in [0.2, 0.25) is 0 Å². The highest BCUT2D eigenvalue weighted by atomic mass is 16.5. The Labute approximate surface area is 178 Å². The van der Waals surface area contributed by atoms with Gasteiger partial charge in [0.1, 0.15) is 17.2 Å². The van der Waals surface area contributed by atoms with E-state index in [-0.39, 0.29) is 0 Å². The second kappa shape index (κ2) is 6.28. The Morgan fingerprint density at radius 1 is 0.806 bits per heavy atom. The van der Waals surface area contributed by atoms with Crippen LogP contribution in [-0.2, 0) is 0 Å². The van der Waals surface area contributed by atoms with Crippen molar-refractivity contribution >= 4 is 32.8 Å². The van der Waals surface area contributed by atoms with E-state index < -0.39 is 0 Å². The molecule has 0 unspecified atom stereocenters. The fourth-order valence-corrected chi connectivity index (χ4v) is 4.72. The van der Waals surface area contributed by atoms with Gasteiger partial charge in [0.15, 0.2) is 0 Å². The van der Waals surface area contributed by atoms with E-state index >= 15 is 0 Å². The molecule has 0 atom stereocenters. The second-order valence-electron chi connectivity index (χ2n) is 8.10. The molecule has 6 nitrogen and oxygen atoms in total. The summed E-state index contributed by atoms with van der Waals surface area (Å²) in [5.41, 5.74) is 9.15. The van der Waals surface area contributed by atoms with Crippen LogP contribution >= 0.6 is 0 Å². The number of nitrogens with one attached hydrogen (secondary N) is 2. The largest absolute Gasteiger partial charge is 0.361 e. The van der Waals surface area contributed by atoms with Crippen molar-refractivity contribution in [1.29, 1.82) is 0 Å². The molecular formula is C25H21N5O. The fourth-order valence-electron chi connectivity index (χ4n) is 4.72. The lowest BCUT2D eigenvalue weighted by atomic mass is 10.00. The molecule has 0 aliphatic carbocycles. The average molecular weight is 407 g/mol. The fraction of sp³-hybridized carbons (Fsp3) is 0.160. The van der Waals surface area contributed by atoms with Crippen LogP contribution < -0.4 is 0 Å². The molecule has 0 saturated heterocycles. The molecular weight excluding hydrogens is 386 g/mol. The first-order valence-corrected chi connectivity index (χ1v) is 10.3. The highest BCUT2D eigenvalue weighted by Crippen LogP contribution is 2.39. The molecule has 0 spiro atoms. The third-order valence-corrected chi connectivity index (χ3v) is 6.02. The number of H-pyrrole nitrogens is 2. The highest BCUT2D eigenvalue weighted by Gasteiger charge is 2.20. The monoisotopic (exact) mass is 407 g/mol. The van der Waals surface area contributed by atoms with Gasteiger partial charge >= 0.3 is 0 Å². The van der Waals surface area contributed by atoms with Crippen molar-refractivity contribution in [3.8, 4) is 22.4 Å². The van der Waals surface area contributed by atoms with Crippen LogP contribution in [0.25, 0.3) is 55.2 Å². The van der Waals surface area contributed by atoms with Crippen LogP contribution in [0.1, 0.15) is 23.0 Å². The summed E-state index contributed by atoms with van der Waals surface area (Å²) >= 11 is 0. The average Bonchev–Trinajstić information content (AvgIpc) is 3.38. The molecule has 2 N–H and O–H groups in total. The molecule has 6 rings (SSSR count). The number of hydrogen-bond acceptors (Lipinski definition) is 4. The molecule has 0 bridgehead atoms. The molecule has 2 aromatic carbocycles. The predicted molar refractivity (Wildman–Crippen MR) is 123 cm³/mol. The van der Waals surface area contributed by atoms with Crippen LogP contribution in [-0.4, -0.2) is 25.1 Å². The Morgan fingerprint density at radius 3 is 2.45 bits per heavy atom. The number of benzene rings is 2. The first kappa shape index (κ1) is 17.9. The number of fused-ring (bicyclic) bond motifs is 4. The van der Waals surface area contributed by atoms with Gasteiger partial charge in [-0.15, -0.1) is 0 Å². The summed E-state index contributed by atoms with van der Waals surface area (Å²) in [7, 11) is 0. The van der Waals surface area contributed by atoms with Crippen molar-refractivity contribution < 1.29 is 4.52 Å². The quantitative estimate of drug-likeness (QED) is 0.361. The number of nitrogens with zero attached hydrogens (tertiary/aromatic N) is 3. The Balaban J connectivity index is 1.68. The molecule has 0 aliphatic rings. The lowest BCUT2D eigenvalue weighted by Crippen LogP contribution is -1.93. The minimum absolute atomic E-state index is 0.740. The SMILES string of the molecule is Cc1nc(-c2c(C)[nH]c3ccccc23)c2c(n1)[nH]c1cc(-c3c(C)noc3C)ccc12. The Morgan fingerprint density at radius 2 is 1.65 bits per heavy atom. The maximum atomic E-state index is 5.37. The van der Waals surface area contributed by atoms with E-state index in [0.717, 1.165) is 72.8 Å². The Hall–Kier alpha value is -3.93. The number of para-hydroxylation sites is 1. The van der Waals surface area contributed by atoms with Crippen molar-refractivity contribution in [2.24, 2.45) is 0 Å². The maximum absolute atomic E-state index is 5.37. The number of aromatic nitrogens is 5. The standard InChI is InChI=1S/C25H21N5O/c1-12-22(17-7-5-6-8-19(17)26-12)24-23-18-10-9-16(21-13(2)30-31-14(21)3)11-20(18)29-25(23)28-15(4)27-24/h5-11,26H,1-4H3,(H,27,28,29). The normalized spacial score (nSPS) is 11.9. The summed E-state index contributed by atoms with van der Waals surface area (Å²) in [5, 5.41) is 7.41. The van der Waals surface area contributed by atoms with Gasteiger partial charge in [-0.3, -0.25) is 0 Å². The first-order valence-electron chi connectivity index (χ1n) is 10.3. The van der Waals surface area contributed by atoms with E-state index in [0.29, 0.717) is 0 Å². The molecule has 0 fully saturated rings. The van der Waals surface area contributed by atoms with Crippen molar-refractivity contribution in [2.45, 2.75) is 27.7 Å². The summed E-state index contributed by atoms with van der Waals surface area (Å²) in [4.78, 5) is 16.6. The number of aryl methyl sites for hydroxylation is 4. The lowest BCUT2D eigenvalue weighted by Gasteiger charge is -2.06. The van der Waals surface area contributed by atoms with Gasteiger partial charge in [0.05, 0.1) is 16.8 Å². The third-order valence-electron chi connectivity index (χ3n) is 6.02. The Kier molecular flexibility index (Phi) is 3.63.